The summed E-state index contributed by atoms with van der Waals surface area (Å²) in [5.74, 6) is 0.952. The number of hydrogen-bond donors (Lipinski definition) is 0. The van der Waals surface area contributed by atoms with Crippen LogP contribution in [-0.4, -0.2) is 30.0 Å². The molecule has 19 heavy (non-hydrogen) atoms. The molecule has 3 nitrogen and oxygen atoms in total. The predicted molar refractivity (Wildman–Crippen MR) is 76.3 cm³/mol. The molecule has 0 spiro atoms. The van der Waals surface area contributed by atoms with E-state index in [1.54, 1.807) is 0 Å². The number of rotatable bonds is 4. The number of para-hydroxylation sites is 1. The third-order valence-electron chi connectivity index (χ3n) is 3.67. The number of benzene rings is 1. The van der Waals surface area contributed by atoms with E-state index in [-0.39, 0.29) is 5.91 Å². The fraction of sp³-hybridized carbons (Fsp3) is 0.562. The number of likely N-dealkylation sites (tertiary alicyclic amines) is 1. The zero-order valence-electron chi connectivity index (χ0n) is 11.9. The molecule has 1 aliphatic heterocycles. The van der Waals surface area contributed by atoms with Crippen LogP contribution in [0.4, 0.5) is 0 Å². The van der Waals surface area contributed by atoms with E-state index in [4.69, 9.17) is 4.74 Å². The number of amides is 1. The molecular formula is C16H23NO2. The summed E-state index contributed by atoms with van der Waals surface area (Å²) in [4.78, 5) is 14.2. The Labute approximate surface area is 115 Å². The van der Waals surface area contributed by atoms with Crippen molar-refractivity contribution in [1.29, 1.82) is 0 Å². The third-order valence-corrected chi connectivity index (χ3v) is 3.67. The van der Waals surface area contributed by atoms with Crippen molar-refractivity contribution in [3.8, 4) is 5.75 Å². The summed E-state index contributed by atoms with van der Waals surface area (Å²) < 4.78 is 5.86. The van der Waals surface area contributed by atoms with E-state index in [0.717, 1.165) is 43.7 Å². The van der Waals surface area contributed by atoms with Gasteiger partial charge < -0.3 is 9.64 Å². The van der Waals surface area contributed by atoms with Crippen LogP contribution in [0.2, 0.25) is 0 Å². The number of nitrogens with zero attached hydrogens (tertiary/aromatic N) is 1. The molecule has 2 rings (SSSR count). The Morgan fingerprint density at radius 3 is 2.63 bits per heavy atom. The highest BCUT2D eigenvalue weighted by molar-refractivity contribution is 5.81. The molecule has 104 valence electrons. The first-order valence-electron chi connectivity index (χ1n) is 7.25. The number of hydrogen-bond acceptors (Lipinski definition) is 2. The number of aryl methyl sites for hydroxylation is 1. The maximum absolute atomic E-state index is 12.3. The van der Waals surface area contributed by atoms with E-state index in [2.05, 4.69) is 6.92 Å². The number of carbonyl (C=O) groups is 1. The van der Waals surface area contributed by atoms with Gasteiger partial charge in [0.25, 0.3) is 5.91 Å². The van der Waals surface area contributed by atoms with Gasteiger partial charge in [-0.25, -0.2) is 0 Å². The Morgan fingerprint density at radius 2 is 1.95 bits per heavy atom. The summed E-state index contributed by atoms with van der Waals surface area (Å²) in [7, 11) is 0. The Bertz CT molecular complexity index is 425. The van der Waals surface area contributed by atoms with Gasteiger partial charge in [-0.15, -0.1) is 0 Å². The van der Waals surface area contributed by atoms with Gasteiger partial charge in [-0.3, -0.25) is 4.79 Å². The molecule has 0 radical (unpaired) electrons. The lowest BCUT2D eigenvalue weighted by atomic mass is 10.1. The van der Waals surface area contributed by atoms with Crippen LogP contribution in [0.25, 0.3) is 0 Å². The molecule has 1 saturated heterocycles. The van der Waals surface area contributed by atoms with Crippen LogP contribution in [0.15, 0.2) is 24.3 Å². The maximum atomic E-state index is 12.3. The topological polar surface area (TPSA) is 29.5 Å². The van der Waals surface area contributed by atoms with Crippen LogP contribution in [0.3, 0.4) is 0 Å². The lowest BCUT2D eigenvalue weighted by Gasteiger charge is -2.29. The normalized spacial score (nSPS) is 17.1. The highest BCUT2D eigenvalue weighted by Gasteiger charge is 2.23. The average Bonchev–Trinajstić information content (AvgIpc) is 2.48. The fourth-order valence-corrected chi connectivity index (χ4v) is 2.52. The molecular weight excluding hydrogens is 238 g/mol. The fourth-order valence-electron chi connectivity index (χ4n) is 2.52. The lowest BCUT2D eigenvalue weighted by Crippen LogP contribution is -2.43. The van der Waals surface area contributed by atoms with Crippen LogP contribution >= 0.6 is 0 Å². The van der Waals surface area contributed by atoms with Crippen LogP contribution in [0, 0.1) is 0 Å². The molecule has 0 aliphatic carbocycles. The van der Waals surface area contributed by atoms with Crippen molar-refractivity contribution in [2.75, 3.05) is 13.1 Å². The minimum atomic E-state index is -0.397. The van der Waals surface area contributed by atoms with Gasteiger partial charge in [0, 0.05) is 13.1 Å². The molecule has 3 heteroatoms. The Balaban J connectivity index is 1.99. The third kappa shape index (κ3) is 3.49. The standard InChI is InChI=1S/C16H23NO2/c1-3-14-9-5-6-10-15(14)19-13(2)16(18)17-11-7-4-8-12-17/h5-6,9-10,13H,3-4,7-8,11-12H2,1-2H3/t13-/m0/s1. The van der Waals surface area contributed by atoms with E-state index in [1.807, 2.05) is 36.1 Å². The van der Waals surface area contributed by atoms with Gasteiger partial charge in [-0.1, -0.05) is 25.1 Å². The molecule has 0 aromatic heterocycles. The molecule has 1 atom stereocenters. The molecule has 1 fully saturated rings. The smallest absolute Gasteiger partial charge is 0.263 e. The highest BCUT2D eigenvalue weighted by Crippen LogP contribution is 2.20. The van der Waals surface area contributed by atoms with Gasteiger partial charge >= 0.3 is 0 Å². The zero-order chi connectivity index (χ0) is 13.7. The van der Waals surface area contributed by atoms with Crippen LogP contribution in [0.1, 0.15) is 38.7 Å². The molecule has 1 amide bonds. The molecule has 0 bridgehead atoms. The molecule has 0 N–H and O–H groups in total. The highest BCUT2D eigenvalue weighted by atomic mass is 16.5. The van der Waals surface area contributed by atoms with E-state index in [1.165, 1.54) is 6.42 Å². The Hall–Kier alpha value is -1.51. The number of piperidine rings is 1. The van der Waals surface area contributed by atoms with Gasteiger partial charge in [-0.2, -0.15) is 0 Å². The molecule has 1 aromatic carbocycles. The minimum Gasteiger partial charge on any atom is -0.481 e. The summed E-state index contributed by atoms with van der Waals surface area (Å²) in [5.41, 5.74) is 1.15. The van der Waals surface area contributed by atoms with Gasteiger partial charge in [0.15, 0.2) is 6.10 Å². The summed E-state index contributed by atoms with van der Waals surface area (Å²) >= 11 is 0. The second-order valence-electron chi connectivity index (χ2n) is 5.11. The number of carbonyl (C=O) groups excluding carboxylic acids is 1. The van der Waals surface area contributed by atoms with Crippen molar-refractivity contribution < 1.29 is 9.53 Å². The monoisotopic (exact) mass is 261 g/mol. The van der Waals surface area contributed by atoms with E-state index >= 15 is 0 Å². The van der Waals surface area contributed by atoms with Crippen molar-refractivity contribution in [3.05, 3.63) is 29.8 Å². The predicted octanol–water partition coefficient (Wildman–Crippen LogP) is 3.03. The molecule has 1 aromatic rings. The van der Waals surface area contributed by atoms with Gasteiger partial charge in [-0.05, 0) is 44.2 Å². The van der Waals surface area contributed by atoms with Crippen LogP contribution in [0.5, 0.6) is 5.75 Å². The largest absolute Gasteiger partial charge is 0.481 e. The average molecular weight is 261 g/mol. The first-order valence-corrected chi connectivity index (χ1v) is 7.25. The summed E-state index contributed by atoms with van der Waals surface area (Å²) in [6.45, 7) is 5.70. The maximum Gasteiger partial charge on any atom is 0.263 e. The first kappa shape index (κ1) is 13.9. The minimum absolute atomic E-state index is 0.116. The van der Waals surface area contributed by atoms with Gasteiger partial charge in [0.05, 0.1) is 0 Å². The van der Waals surface area contributed by atoms with Crippen molar-refractivity contribution in [1.82, 2.24) is 4.90 Å². The first-order chi connectivity index (χ1) is 9.22. The van der Waals surface area contributed by atoms with Crippen molar-refractivity contribution in [3.63, 3.8) is 0 Å². The Morgan fingerprint density at radius 1 is 1.26 bits per heavy atom. The summed E-state index contributed by atoms with van der Waals surface area (Å²) in [6.07, 6.45) is 3.98. The molecule has 1 aliphatic rings. The van der Waals surface area contributed by atoms with Crippen molar-refractivity contribution in [2.24, 2.45) is 0 Å². The van der Waals surface area contributed by atoms with Crippen LogP contribution in [-0.2, 0) is 11.2 Å². The SMILES string of the molecule is CCc1ccccc1O[C@@H](C)C(=O)N1CCCCC1. The second kappa shape index (κ2) is 6.60. The van der Waals surface area contributed by atoms with Crippen LogP contribution < -0.4 is 4.74 Å². The number of ether oxygens (including phenoxy) is 1. The zero-order valence-corrected chi connectivity index (χ0v) is 11.9. The van der Waals surface area contributed by atoms with Crippen molar-refractivity contribution in [2.45, 2.75) is 45.6 Å². The molecule has 0 saturated carbocycles. The summed E-state index contributed by atoms with van der Waals surface area (Å²) in [6, 6.07) is 7.95. The van der Waals surface area contributed by atoms with Gasteiger partial charge in [0.2, 0.25) is 0 Å². The lowest BCUT2D eigenvalue weighted by molar-refractivity contribution is -0.138. The van der Waals surface area contributed by atoms with E-state index < -0.39 is 6.10 Å². The van der Waals surface area contributed by atoms with Gasteiger partial charge in [0.1, 0.15) is 5.75 Å². The second-order valence-corrected chi connectivity index (χ2v) is 5.11. The van der Waals surface area contributed by atoms with E-state index in [9.17, 15) is 4.79 Å². The van der Waals surface area contributed by atoms with E-state index in [0.29, 0.717) is 0 Å². The molecule has 0 unspecified atom stereocenters. The van der Waals surface area contributed by atoms with Crippen molar-refractivity contribution >= 4 is 5.91 Å². The quantitative estimate of drug-likeness (QED) is 0.833. The molecule has 1 heterocycles. The Kier molecular flexibility index (Phi) is 4.83. The summed E-state index contributed by atoms with van der Waals surface area (Å²) in [5, 5.41) is 0.